The molecule has 1 N–H and O–H groups in total. The lowest BCUT2D eigenvalue weighted by Crippen LogP contribution is -2.50. The number of rotatable bonds is 8. The third kappa shape index (κ3) is 8.40. The molecule has 5 rings (SSSR count). The number of piperidine rings is 1. The van der Waals surface area contributed by atoms with E-state index in [-0.39, 0.29) is 36.1 Å². The fraction of sp³-hybridized carbons (Fsp3) is 0.588. The van der Waals surface area contributed by atoms with Gasteiger partial charge in [-0.25, -0.2) is 4.79 Å². The summed E-state index contributed by atoms with van der Waals surface area (Å²) in [7, 11) is 2.04. The van der Waals surface area contributed by atoms with E-state index in [4.69, 9.17) is 9.47 Å². The van der Waals surface area contributed by atoms with Crippen LogP contribution in [0.5, 0.6) is 0 Å². The monoisotopic (exact) mass is 669 g/mol. The lowest BCUT2D eigenvalue weighted by atomic mass is 9.68. The Kier molecular flexibility index (Phi) is 10.7. The number of nitrogens with zero attached hydrogens (tertiary/aromatic N) is 2. The Labute approximate surface area is 270 Å². The number of hydrogen-bond acceptors (Lipinski definition) is 5. The highest BCUT2D eigenvalue weighted by Crippen LogP contribution is 2.50. The van der Waals surface area contributed by atoms with Crippen molar-refractivity contribution in [3.63, 3.8) is 0 Å². The van der Waals surface area contributed by atoms with E-state index in [1.165, 1.54) is 0 Å². The zero-order chi connectivity index (χ0) is 33.8. The normalized spacial score (nSPS) is 23.2. The van der Waals surface area contributed by atoms with Crippen LogP contribution in [0.15, 0.2) is 48.5 Å². The van der Waals surface area contributed by atoms with Crippen molar-refractivity contribution in [2.75, 3.05) is 33.4 Å². The molecule has 1 saturated carbocycles. The minimum Gasteiger partial charge on any atom is -0.445 e. The standard InChI is InChI=1S/C34H41F6N3O4/c1-42(28-10-15-46-16-11-28)29-7-12-32(20-29,25-8-13-43(14-9-25)31(45)47-22-23-5-3-2-4-6-23)30(44)41-21-24-17-26(33(35,36)37)19-27(18-24)34(38,39)40/h2-6,17-19,25,28-29H,7-16,20-22H2,1H3,(H,41,44). The Morgan fingerprint density at radius 1 is 0.894 bits per heavy atom. The predicted molar refractivity (Wildman–Crippen MR) is 161 cm³/mol. The van der Waals surface area contributed by atoms with Gasteiger partial charge >= 0.3 is 18.4 Å². The van der Waals surface area contributed by atoms with E-state index < -0.39 is 41.5 Å². The van der Waals surface area contributed by atoms with Crippen LogP contribution >= 0.6 is 0 Å². The number of benzene rings is 2. The summed E-state index contributed by atoms with van der Waals surface area (Å²) < 4.78 is 91.9. The first-order valence-corrected chi connectivity index (χ1v) is 16.1. The summed E-state index contributed by atoms with van der Waals surface area (Å²) in [5.74, 6) is -0.516. The fourth-order valence-corrected chi connectivity index (χ4v) is 7.45. The molecule has 2 atom stereocenters. The van der Waals surface area contributed by atoms with Gasteiger partial charge in [0.05, 0.1) is 16.5 Å². The smallest absolute Gasteiger partial charge is 0.416 e. The van der Waals surface area contributed by atoms with Crippen LogP contribution in [0.1, 0.15) is 67.2 Å². The van der Waals surface area contributed by atoms with Crippen molar-refractivity contribution in [3.05, 3.63) is 70.8 Å². The first kappa shape index (κ1) is 35.0. The van der Waals surface area contributed by atoms with Gasteiger partial charge in [-0.05, 0) is 87.2 Å². The summed E-state index contributed by atoms with van der Waals surface area (Å²) in [6.45, 7) is 1.72. The quantitative estimate of drug-likeness (QED) is 0.306. The lowest BCUT2D eigenvalue weighted by molar-refractivity contribution is -0.143. The molecule has 0 bridgehead atoms. The molecule has 0 aromatic heterocycles. The van der Waals surface area contributed by atoms with Gasteiger partial charge in [-0.3, -0.25) is 4.79 Å². The highest BCUT2D eigenvalue weighted by Gasteiger charge is 2.52. The van der Waals surface area contributed by atoms with E-state index in [1.54, 1.807) is 4.90 Å². The molecule has 2 aromatic carbocycles. The van der Waals surface area contributed by atoms with Gasteiger partial charge in [0.25, 0.3) is 0 Å². The molecular formula is C34H41F6N3O4. The lowest BCUT2D eigenvalue weighted by Gasteiger charge is -2.42. The summed E-state index contributed by atoms with van der Waals surface area (Å²) in [6, 6.07) is 11.1. The molecule has 2 unspecified atom stereocenters. The van der Waals surface area contributed by atoms with Crippen LogP contribution < -0.4 is 5.32 Å². The fourth-order valence-electron chi connectivity index (χ4n) is 7.45. The van der Waals surface area contributed by atoms with Gasteiger partial charge in [0.1, 0.15) is 6.61 Å². The number of amides is 2. The Morgan fingerprint density at radius 2 is 1.51 bits per heavy atom. The summed E-state index contributed by atoms with van der Waals surface area (Å²) in [5.41, 5.74) is -3.15. The molecule has 7 nitrogen and oxygen atoms in total. The maximum atomic E-state index is 14.1. The molecular weight excluding hydrogens is 628 g/mol. The Balaban J connectivity index is 1.31. The number of likely N-dealkylation sites (tertiary alicyclic amines) is 1. The average molecular weight is 670 g/mol. The van der Waals surface area contributed by atoms with Crippen molar-refractivity contribution in [3.8, 4) is 0 Å². The predicted octanol–water partition coefficient (Wildman–Crippen LogP) is 7.04. The van der Waals surface area contributed by atoms with Gasteiger partial charge < -0.3 is 24.6 Å². The van der Waals surface area contributed by atoms with Crippen LogP contribution in [0.25, 0.3) is 0 Å². The van der Waals surface area contributed by atoms with Crippen molar-refractivity contribution in [2.45, 2.75) is 82.5 Å². The van der Waals surface area contributed by atoms with Crippen LogP contribution in [-0.4, -0.2) is 67.2 Å². The third-order valence-electron chi connectivity index (χ3n) is 10.2. The van der Waals surface area contributed by atoms with Gasteiger partial charge in [0, 0.05) is 44.9 Å². The van der Waals surface area contributed by atoms with Crippen LogP contribution in [0.3, 0.4) is 0 Å². The van der Waals surface area contributed by atoms with Crippen LogP contribution in [0, 0.1) is 11.3 Å². The Morgan fingerprint density at radius 3 is 2.11 bits per heavy atom. The molecule has 1 aliphatic carbocycles. The summed E-state index contributed by atoms with van der Waals surface area (Å²) >= 11 is 0. The summed E-state index contributed by atoms with van der Waals surface area (Å²) in [5, 5.41) is 2.73. The van der Waals surface area contributed by atoms with Gasteiger partial charge in [-0.2, -0.15) is 26.3 Å². The molecule has 3 aliphatic rings. The van der Waals surface area contributed by atoms with Gasteiger partial charge in [-0.15, -0.1) is 0 Å². The van der Waals surface area contributed by atoms with E-state index in [9.17, 15) is 35.9 Å². The second-order valence-electron chi connectivity index (χ2n) is 13.0. The highest BCUT2D eigenvalue weighted by molar-refractivity contribution is 5.83. The Hall–Kier alpha value is -3.32. The minimum atomic E-state index is -4.98. The number of carbonyl (C=O) groups is 2. The van der Waals surface area contributed by atoms with Crippen LogP contribution in [0.4, 0.5) is 31.1 Å². The number of carbonyl (C=O) groups excluding carboxylic acids is 2. The Bertz CT molecular complexity index is 1340. The second kappa shape index (κ2) is 14.4. The summed E-state index contributed by atoms with van der Waals surface area (Å²) in [6.07, 6.45) is -5.88. The van der Waals surface area contributed by atoms with Gasteiger partial charge in [-0.1, -0.05) is 30.3 Å². The topological polar surface area (TPSA) is 71.1 Å². The number of ether oxygens (including phenoxy) is 2. The van der Waals surface area contributed by atoms with E-state index in [0.717, 1.165) is 24.8 Å². The number of alkyl halides is 6. The largest absolute Gasteiger partial charge is 0.445 e. The van der Waals surface area contributed by atoms with Crippen molar-refractivity contribution >= 4 is 12.0 Å². The number of halogens is 6. The van der Waals surface area contributed by atoms with Gasteiger partial charge in [0.2, 0.25) is 5.91 Å². The van der Waals surface area contributed by atoms with Crippen LogP contribution in [0.2, 0.25) is 0 Å². The third-order valence-corrected chi connectivity index (χ3v) is 10.2. The maximum absolute atomic E-state index is 14.1. The minimum absolute atomic E-state index is 0.0723. The van der Waals surface area contributed by atoms with E-state index in [2.05, 4.69) is 10.2 Å². The molecule has 258 valence electrons. The maximum Gasteiger partial charge on any atom is 0.416 e. The molecule has 0 spiro atoms. The van der Waals surface area contributed by atoms with Gasteiger partial charge in [0.15, 0.2) is 0 Å². The van der Waals surface area contributed by atoms with E-state index >= 15 is 0 Å². The molecule has 2 aliphatic heterocycles. The zero-order valence-corrected chi connectivity index (χ0v) is 26.3. The molecule has 2 amide bonds. The summed E-state index contributed by atoms with van der Waals surface area (Å²) in [4.78, 5) is 30.9. The average Bonchev–Trinajstić information content (AvgIpc) is 3.52. The zero-order valence-electron chi connectivity index (χ0n) is 26.3. The van der Waals surface area contributed by atoms with Crippen molar-refractivity contribution in [1.29, 1.82) is 0 Å². The van der Waals surface area contributed by atoms with Crippen molar-refractivity contribution in [2.24, 2.45) is 11.3 Å². The highest BCUT2D eigenvalue weighted by atomic mass is 19.4. The molecule has 0 radical (unpaired) electrons. The molecule has 13 heteroatoms. The number of nitrogens with one attached hydrogen (secondary N) is 1. The number of hydrogen-bond donors (Lipinski definition) is 1. The molecule has 47 heavy (non-hydrogen) atoms. The second-order valence-corrected chi connectivity index (χ2v) is 13.0. The molecule has 2 saturated heterocycles. The van der Waals surface area contributed by atoms with Crippen LogP contribution in [-0.2, 0) is 39.8 Å². The SMILES string of the molecule is CN(C1CCOCC1)C1CCC(C(=O)NCc2cc(C(F)(F)F)cc(C(F)(F)F)c2)(C2CCN(C(=O)OCc3ccccc3)CC2)C1. The molecule has 2 heterocycles. The van der Waals surface area contributed by atoms with Crippen molar-refractivity contribution in [1.82, 2.24) is 15.1 Å². The van der Waals surface area contributed by atoms with Crippen molar-refractivity contribution < 1.29 is 45.4 Å². The van der Waals surface area contributed by atoms with E-state index in [0.29, 0.717) is 70.2 Å². The first-order valence-electron chi connectivity index (χ1n) is 16.1. The molecule has 3 fully saturated rings. The van der Waals surface area contributed by atoms with E-state index in [1.807, 2.05) is 37.4 Å². The molecule has 2 aromatic rings. The first-order chi connectivity index (χ1) is 22.3.